The number of benzene rings is 1. The van der Waals surface area contributed by atoms with Crippen molar-refractivity contribution in [1.82, 2.24) is 0 Å². The molecule has 5 unspecified atom stereocenters. The molecule has 0 saturated heterocycles. The zero-order valence-corrected chi connectivity index (χ0v) is 11.2. The van der Waals surface area contributed by atoms with Crippen molar-refractivity contribution < 1.29 is 0 Å². The summed E-state index contributed by atoms with van der Waals surface area (Å²) >= 11 is 5.42. The van der Waals surface area contributed by atoms with Gasteiger partial charge in [0, 0.05) is 10.8 Å². The highest BCUT2D eigenvalue weighted by molar-refractivity contribution is 7.80. The normalized spacial score (nSPS) is 53.8. The van der Waals surface area contributed by atoms with E-state index in [1.54, 1.807) is 5.56 Å². The Kier molecular flexibility index (Phi) is 1.40. The van der Waals surface area contributed by atoms with E-state index in [9.17, 15) is 0 Å². The molecule has 1 aromatic carbocycles. The maximum absolute atomic E-state index is 6.11. The van der Waals surface area contributed by atoms with E-state index in [0.29, 0.717) is 10.8 Å². The number of nitrogens with two attached hydrogens (primary N) is 1. The molecule has 4 aliphatic rings. The molecular weight excluding hydrogens is 238 g/mol. The molecular formula is C16H17NS. The molecule has 4 fully saturated rings. The van der Waals surface area contributed by atoms with Crippen LogP contribution in [0.4, 0.5) is 0 Å². The zero-order valence-electron chi connectivity index (χ0n) is 10.4. The van der Waals surface area contributed by atoms with E-state index < -0.39 is 0 Å². The van der Waals surface area contributed by atoms with Gasteiger partial charge in [0.25, 0.3) is 0 Å². The standard InChI is InChI=1S/C16H17NS/c17-13(18)15-8-12-6-11-7-14(9-15,16(11,12)15)10-4-2-1-3-5-10/h1-5,11-12H,6-9H2,(H2,17,18). The summed E-state index contributed by atoms with van der Waals surface area (Å²) in [6.07, 6.45) is 5.34. The number of thiocarbonyl (C=S) groups is 1. The molecule has 0 aromatic heterocycles. The molecule has 1 spiro atoms. The molecule has 4 aliphatic carbocycles. The van der Waals surface area contributed by atoms with Crippen LogP contribution in [0.15, 0.2) is 30.3 Å². The second kappa shape index (κ2) is 2.53. The number of hydrogen-bond donors (Lipinski definition) is 1. The van der Waals surface area contributed by atoms with E-state index in [1.165, 1.54) is 25.7 Å². The van der Waals surface area contributed by atoms with E-state index in [0.717, 1.165) is 16.8 Å². The lowest BCUT2D eigenvalue weighted by Crippen LogP contribution is -2.93. The summed E-state index contributed by atoms with van der Waals surface area (Å²) < 4.78 is 0. The fourth-order valence-corrected chi connectivity index (χ4v) is 7.09. The Balaban J connectivity index is 1.66. The van der Waals surface area contributed by atoms with Crippen molar-refractivity contribution in [3.63, 3.8) is 0 Å². The second-order valence-corrected chi connectivity index (χ2v) is 7.42. The van der Waals surface area contributed by atoms with Crippen molar-refractivity contribution in [3.05, 3.63) is 35.9 Å². The van der Waals surface area contributed by atoms with Crippen molar-refractivity contribution >= 4 is 17.2 Å². The summed E-state index contributed by atoms with van der Waals surface area (Å²) in [7, 11) is 0. The zero-order chi connectivity index (χ0) is 12.2. The molecule has 0 radical (unpaired) electrons. The first-order chi connectivity index (χ1) is 8.67. The molecule has 0 aliphatic heterocycles. The van der Waals surface area contributed by atoms with Crippen molar-refractivity contribution in [1.29, 1.82) is 0 Å². The van der Waals surface area contributed by atoms with Crippen LogP contribution in [0.5, 0.6) is 0 Å². The van der Waals surface area contributed by atoms with E-state index >= 15 is 0 Å². The molecule has 1 nitrogen and oxygen atoms in total. The predicted molar refractivity (Wildman–Crippen MR) is 75.2 cm³/mol. The van der Waals surface area contributed by atoms with Crippen LogP contribution in [0.1, 0.15) is 31.2 Å². The molecule has 2 heteroatoms. The molecule has 0 bridgehead atoms. The first-order valence-electron chi connectivity index (χ1n) is 7.03. The van der Waals surface area contributed by atoms with E-state index in [4.69, 9.17) is 18.0 Å². The third kappa shape index (κ3) is 0.630. The van der Waals surface area contributed by atoms with Gasteiger partial charge in [-0.2, -0.15) is 0 Å². The molecule has 92 valence electrons. The Morgan fingerprint density at radius 2 is 1.89 bits per heavy atom. The lowest BCUT2D eigenvalue weighted by atomic mass is 9.08. The van der Waals surface area contributed by atoms with E-state index in [-0.39, 0.29) is 5.41 Å². The molecule has 4 saturated carbocycles. The van der Waals surface area contributed by atoms with E-state index in [2.05, 4.69) is 30.3 Å². The van der Waals surface area contributed by atoms with Crippen molar-refractivity contribution in [3.8, 4) is 0 Å². The average Bonchev–Trinajstić information content (AvgIpc) is 2.26. The fourth-order valence-electron chi connectivity index (χ4n) is 6.77. The molecule has 0 heterocycles. The quantitative estimate of drug-likeness (QED) is 0.822. The molecule has 2 N–H and O–H groups in total. The van der Waals surface area contributed by atoms with Gasteiger partial charge in [0.1, 0.15) is 0 Å². The van der Waals surface area contributed by atoms with Crippen molar-refractivity contribution in [2.24, 2.45) is 28.4 Å². The van der Waals surface area contributed by atoms with Crippen LogP contribution in [-0.2, 0) is 5.41 Å². The smallest absolute Gasteiger partial charge is 0.0796 e. The second-order valence-electron chi connectivity index (χ2n) is 6.98. The minimum atomic E-state index is 0.254. The molecule has 5 atom stereocenters. The van der Waals surface area contributed by atoms with Crippen LogP contribution in [0, 0.1) is 22.7 Å². The van der Waals surface area contributed by atoms with Gasteiger partial charge in [-0.1, -0.05) is 42.5 Å². The maximum Gasteiger partial charge on any atom is 0.0796 e. The monoisotopic (exact) mass is 255 g/mol. The number of rotatable bonds is 2. The van der Waals surface area contributed by atoms with Gasteiger partial charge in [0.2, 0.25) is 0 Å². The SMILES string of the molecule is NC(=S)C12CC3CC4CC(c5ccccc5)(C1)C342. The first kappa shape index (κ1) is 9.96. The Hall–Kier alpha value is -0.890. The highest BCUT2D eigenvalue weighted by atomic mass is 32.1. The Bertz CT molecular complexity index is 576. The van der Waals surface area contributed by atoms with Crippen molar-refractivity contribution in [2.45, 2.75) is 31.1 Å². The average molecular weight is 255 g/mol. The van der Waals surface area contributed by atoms with E-state index in [1.807, 2.05) is 0 Å². The van der Waals surface area contributed by atoms with Crippen LogP contribution in [-0.4, -0.2) is 4.99 Å². The molecule has 1 aromatic rings. The van der Waals surface area contributed by atoms with Crippen LogP contribution in [0.25, 0.3) is 0 Å². The van der Waals surface area contributed by atoms with Crippen LogP contribution >= 0.6 is 12.2 Å². The van der Waals surface area contributed by atoms with Crippen LogP contribution in [0.3, 0.4) is 0 Å². The molecule has 5 rings (SSSR count). The van der Waals surface area contributed by atoms with Gasteiger partial charge in [0.15, 0.2) is 0 Å². The third-order valence-electron chi connectivity index (χ3n) is 7.03. The summed E-state index contributed by atoms with van der Waals surface area (Å²) in [6.45, 7) is 0. The first-order valence-corrected chi connectivity index (χ1v) is 7.44. The Morgan fingerprint density at radius 1 is 1.17 bits per heavy atom. The highest BCUT2D eigenvalue weighted by Crippen LogP contribution is 2.97. The van der Waals surface area contributed by atoms with Gasteiger partial charge in [-0.3, -0.25) is 0 Å². The summed E-state index contributed by atoms with van der Waals surface area (Å²) in [4.78, 5) is 0.815. The van der Waals surface area contributed by atoms with Crippen LogP contribution < -0.4 is 5.73 Å². The predicted octanol–water partition coefficient (Wildman–Crippen LogP) is 3.03. The van der Waals surface area contributed by atoms with Gasteiger partial charge < -0.3 is 5.73 Å². The maximum atomic E-state index is 6.11. The fraction of sp³-hybridized carbons (Fsp3) is 0.562. The largest absolute Gasteiger partial charge is 0.393 e. The Morgan fingerprint density at radius 3 is 2.50 bits per heavy atom. The summed E-state index contributed by atoms with van der Waals surface area (Å²) in [5.74, 6) is 1.85. The summed E-state index contributed by atoms with van der Waals surface area (Å²) in [5, 5.41) is 0. The van der Waals surface area contributed by atoms with Gasteiger partial charge >= 0.3 is 0 Å². The molecule has 18 heavy (non-hydrogen) atoms. The Labute approximate surface area is 113 Å². The minimum Gasteiger partial charge on any atom is -0.393 e. The van der Waals surface area contributed by atoms with Gasteiger partial charge in [0.05, 0.1) is 4.99 Å². The third-order valence-corrected chi connectivity index (χ3v) is 7.42. The van der Waals surface area contributed by atoms with Gasteiger partial charge in [-0.05, 0) is 48.5 Å². The van der Waals surface area contributed by atoms with Crippen molar-refractivity contribution in [2.75, 3.05) is 0 Å². The van der Waals surface area contributed by atoms with Crippen LogP contribution in [0.2, 0.25) is 0 Å². The highest BCUT2D eigenvalue weighted by Gasteiger charge is 2.94. The lowest BCUT2D eigenvalue weighted by Gasteiger charge is -2.95. The van der Waals surface area contributed by atoms with Gasteiger partial charge in [-0.25, -0.2) is 0 Å². The molecule has 0 amide bonds. The lowest BCUT2D eigenvalue weighted by molar-refractivity contribution is -0.421. The number of hydrogen-bond acceptors (Lipinski definition) is 1. The summed E-state index contributed by atoms with van der Waals surface area (Å²) in [5.41, 5.74) is 8.87. The minimum absolute atomic E-state index is 0.254. The van der Waals surface area contributed by atoms with Gasteiger partial charge in [-0.15, -0.1) is 0 Å². The topological polar surface area (TPSA) is 26.0 Å². The summed E-state index contributed by atoms with van der Waals surface area (Å²) in [6, 6.07) is 11.1.